The summed E-state index contributed by atoms with van der Waals surface area (Å²) in [7, 11) is -2.04. The highest BCUT2D eigenvalue weighted by Crippen LogP contribution is 2.41. The van der Waals surface area contributed by atoms with E-state index in [1.165, 1.54) is 0 Å². The summed E-state index contributed by atoms with van der Waals surface area (Å²) in [5.41, 5.74) is 4.69. The zero-order chi connectivity index (χ0) is 37.3. The first-order valence-corrected chi connectivity index (χ1v) is 19.2. The molecule has 51 heavy (non-hydrogen) atoms. The van der Waals surface area contributed by atoms with Gasteiger partial charge in [0.05, 0.1) is 35.2 Å². The minimum Gasteiger partial charge on any atom is -0.490 e. The molecular weight excluding hydrogens is 661 g/mol. The van der Waals surface area contributed by atoms with E-state index in [0.29, 0.717) is 35.9 Å². The van der Waals surface area contributed by atoms with Gasteiger partial charge in [0.2, 0.25) is 11.8 Å². The van der Waals surface area contributed by atoms with Crippen LogP contribution in [0.4, 0.5) is 11.8 Å². The molecular formula is C40H54N6O4S. The van der Waals surface area contributed by atoms with Gasteiger partial charge in [0, 0.05) is 36.8 Å². The van der Waals surface area contributed by atoms with Gasteiger partial charge in [-0.1, -0.05) is 65.8 Å². The van der Waals surface area contributed by atoms with Crippen LogP contribution in [-0.4, -0.2) is 54.7 Å². The molecule has 2 aromatic carbocycles. The predicted octanol–water partition coefficient (Wildman–Crippen LogP) is 8.39. The average Bonchev–Trinajstić information content (AvgIpc) is 3.01. The van der Waals surface area contributed by atoms with Gasteiger partial charge >= 0.3 is 0 Å². The number of rotatable bonds is 8. The van der Waals surface area contributed by atoms with Crippen LogP contribution in [0.25, 0.3) is 11.3 Å². The number of sulfonamides is 1. The summed E-state index contributed by atoms with van der Waals surface area (Å²) in [5.74, 6) is 1.54. The van der Waals surface area contributed by atoms with Gasteiger partial charge in [0.25, 0.3) is 10.0 Å². The Hall–Kier alpha value is -4.25. The Balaban J connectivity index is 1.65. The van der Waals surface area contributed by atoms with E-state index >= 15 is 0 Å². The van der Waals surface area contributed by atoms with Crippen molar-refractivity contribution in [2.45, 2.75) is 99.0 Å². The molecule has 1 aliphatic heterocycles. The number of nitrogens with zero attached hydrogens (tertiary/aromatic N) is 5. The molecule has 4 aromatic rings. The summed E-state index contributed by atoms with van der Waals surface area (Å²) in [5, 5.41) is 0. The minimum atomic E-state index is -4.08. The predicted molar refractivity (Wildman–Crippen MR) is 204 cm³/mol. The second-order valence-electron chi connectivity index (χ2n) is 16.6. The van der Waals surface area contributed by atoms with Crippen molar-refractivity contribution in [1.29, 1.82) is 0 Å². The van der Waals surface area contributed by atoms with E-state index in [1.54, 1.807) is 24.4 Å². The van der Waals surface area contributed by atoms with Crippen molar-refractivity contribution in [2.75, 3.05) is 29.8 Å². The summed E-state index contributed by atoms with van der Waals surface area (Å²) in [4.78, 5) is 21.3. The highest BCUT2D eigenvalue weighted by Gasteiger charge is 2.32. The maximum absolute atomic E-state index is 14.0. The van der Waals surface area contributed by atoms with Crippen molar-refractivity contribution in [3.05, 3.63) is 77.2 Å². The Labute approximate surface area is 304 Å². The zero-order valence-electron chi connectivity index (χ0n) is 32.0. The SMILES string of the molecule is Cc1cccc(OC(C)C)c1-c1nc2nc(c1C)OC[C@@H](CC(C)(C)C)C(Cc1cncc(N(C)CC(C)(C)C)n1)c1cccc(c1)S(=O)(=O)N2. The van der Waals surface area contributed by atoms with Crippen molar-refractivity contribution >= 4 is 21.8 Å². The first kappa shape index (κ1) is 38.0. The third kappa shape index (κ3) is 9.55. The lowest BCUT2D eigenvalue weighted by atomic mass is 9.74. The van der Waals surface area contributed by atoms with Crippen LogP contribution in [0.1, 0.15) is 90.1 Å². The highest BCUT2D eigenvalue weighted by molar-refractivity contribution is 7.92. The summed E-state index contributed by atoms with van der Waals surface area (Å²) < 4.78 is 43.6. The lowest BCUT2D eigenvalue weighted by Crippen LogP contribution is -2.30. The maximum Gasteiger partial charge on any atom is 0.264 e. The summed E-state index contributed by atoms with van der Waals surface area (Å²) in [6, 6.07) is 13.0. The minimum absolute atomic E-state index is 0.0346. The molecule has 0 fully saturated rings. The van der Waals surface area contributed by atoms with Crippen LogP contribution in [0.15, 0.2) is 59.8 Å². The molecule has 0 amide bonds. The lowest BCUT2D eigenvalue weighted by Gasteiger charge is -2.33. The van der Waals surface area contributed by atoms with E-state index in [-0.39, 0.29) is 39.6 Å². The molecule has 5 rings (SSSR count). The Morgan fingerprint density at radius 3 is 2.39 bits per heavy atom. The molecule has 0 spiro atoms. The molecule has 274 valence electrons. The van der Waals surface area contributed by atoms with Gasteiger partial charge in [-0.05, 0) is 86.6 Å². The van der Waals surface area contributed by atoms with Crippen LogP contribution in [-0.2, 0) is 16.4 Å². The number of fused-ring (bicyclic) bond motifs is 4. The van der Waals surface area contributed by atoms with Crippen molar-refractivity contribution in [1.82, 2.24) is 19.9 Å². The summed E-state index contributed by atoms with van der Waals surface area (Å²) in [6.07, 6.45) is 4.88. The van der Waals surface area contributed by atoms with Gasteiger partial charge < -0.3 is 14.4 Å². The maximum atomic E-state index is 14.0. The van der Waals surface area contributed by atoms with Gasteiger partial charge in [-0.2, -0.15) is 4.98 Å². The molecule has 1 N–H and O–H groups in total. The number of aromatic nitrogens is 4. The van der Waals surface area contributed by atoms with Crippen LogP contribution >= 0.6 is 0 Å². The quantitative estimate of drug-likeness (QED) is 0.192. The van der Waals surface area contributed by atoms with Gasteiger partial charge in [-0.25, -0.2) is 23.1 Å². The molecule has 2 aromatic heterocycles. The number of benzene rings is 2. The molecule has 0 saturated carbocycles. The lowest BCUT2D eigenvalue weighted by molar-refractivity contribution is 0.165. The van der Waals surface area contributed by atoms with Crippen LogP contribution in [0.5, 0.6) is 11.6 Å². The fraction of sp³-hybridized carbons (Fsp3) is 0.500. The number of hydrogen-bond acceptors (Lipinski definition) is 9. The second-order valence-corrected chi connectivity index (χ2v) is 18.2. The van der Waals surface area contributed by atoms with Crippen LogP contribution in [0.2, 0.25) is 0 Å². The number of hydrogen-bond donors (Lipinski definition) is 1. The molecule has 0 saturated heterocycles. The van der Waals surface area contributed by atoms with E-state index in [0.717, 1.165) is 41.2 Å². The van der Waals surface area contributed by atoms with Gasteiger partial charge in [0.15, 0.2) is 0 Å². The van der Waals surface area contributed by atoms with E-state index in [2.05, 4.69) is 61.1 Å². The Morgan fingerprint density at radius 2 is 1.71 bits per heavy atom. The van der Waals surface area contributed by atoms with Gasteiger partial charge in [-0.15, -0.1) is 0 Å². The molecule has 2 atom stereocenters. The number of anilines is 2. The Kier molecular flexibility index (Phi) is 11.0. The monoisotopic (exact) mass is 714 g/mol. The largest absolute Gasteiger partial charge is 0.490 e. The smallest absolute Gasteiger partial charge is 0.264 e. The molecule has 0 radical (unpaired) electrons. The summed E-state index contributed by atoms with van der Waals surface area (Å²) in [6.45, 7) is 22.2. The second kappa shape index (κ2) is 14.8. The molecule has 10 nitrogen and oxygen atoms in total. The standard InChI is InChI=1S/C40H54N6O4S/c1-25(2)50-33-17-12-14-26(3)35(33)36-27(4)37-44-38(43-36)45-51(47,48)31-16-13-15-28(18-31)32(29(23-49-37)20-39(5,6)7)19-30-21-41-22-34(42-30)46(11)24-40(8,9)10/h12-18,21-22,25,29,32H,19-20,23-24H2,1-11H3,(H,43,44,45)/t29-,32?/m1/s1. The summed E-state index contributed by atoms with van der Waals surface area (Å²) >= 11 is 0. The third-order valence-electron chi connectivity index (χ3n) is 8.84. The number of nitrogens with one attached hydrogen (secondary N) is 1. The Bertz CT molecular complexity index is 1970. The van der Waals surface area contributed by atoms with E-state index in [4.69, 9.17) is 19.4 Å². The molecule has 1 aliphatic rings. The van der Waals surface area contributed by atoms with Gasteiger partial charge in [-0.3, -0.25) is 4.98 Å². The Morgan fingerprint density at radius 1 is 0.980 bits per heavy atom. The van der Waals surface area contributed by atoms with Crippen molar-refractivity contribution in [3.8, 4) is 22.9 Å². The number of aryl methyl sites for hydroxylation is 1. The molecule has 1 unspecified atom stereocenters. The first-order chi connectivity index (χ1) is 23.8. The van der Waals surface area contributed by atoms with E-state index < -0.39 is 10.0 Å². The van der Waals surface area contributed by atoms with Crippen molar-refractivity contribution < 1.29 is 17.9 Å². The van der Waals surface area contributed by atoms with E-state index in [9.17, 15) is 8.42 Å². The van der Waals surface area contributed by atoms with Gasteiger partial charge in [0.1, 0.15) is 11.6 Å². The fourth-order valence-electron chi connectivity index (χ4n) is 6.86. The van der Waals surface area contributed by atoms with Crippen LogP contribution < -0.4 is 19.1 Å². The topological polar surface area (TPSA) is 119 Å². The normalized spacial score (nSPS) is 17.5. The third-order valence-corrected chi connectivity index (χ3v) is 10.2. The fourth-order valence-corrected chi connectivity index (χ4v) is 7.85. The number of ether oxygens (including phenoxy) is 2. The van der Waals surface area contributed by atoms with Crippen LogP contribution in [0, 0.1) is 30.6 Å². The average molecular weight is 715 g/mol. The van der Waals surface area contributed by atoms with E-state index in [1.807, 2.05) is 65.2 Å². The van der Waals surface area contributed by atoms with Crippen molar-refractivity contribution in [2.24, 2.45) is 16.7 Å². The molecule has 4 bridgehead atoms. The zero-order valence-corrected chi connectivity index (χ0v) is 32.9. The molecule has 11 heteroatoms. The van der Waals surface area contributed by atoms with Crippen molar-refractivity contribution in [3.63, 3.8) is 0 Å². The molecule has 0 aliphatic carbocycles. The first-order valence-electron chi connectivity index (χ1n) is 17.7. The molecule has 3 heterocycles. The highest BCUT2D eigenvalue weighted by atomic mass is 32.2. The van der Waals surface area contributed by atoms with Crippen LogP contribution in [0.3, 0.4) is 0 Å².